The Morgan fingerprint density at radius 2 is 1.78 bits per heavy atom. The van der Waals surface area contributed by atoms with E-state index in [9.17, 15) is 14.0 Å². The normalized spacial score (nSPS) is 11.5. The fraction of sp³-hybridized carbons (Fsp3) is 0.292. The molecule has 0 unspecified atom stereocenters. The number of hydrogen-bond donors (Lipinski definition) is 0. The van der Waals surface area contributed by atoms with Gasteiger partial charge < -0.3 is 9.30 Å². The fourth-order valence-electron chi connectivity index (χ4n) is 3.73. The van der Waals surface area contributed by atoms with Gasteiger partial charge in [0.05, 0.1) is 31.7 Å². The number of rotatable bonds is 7. The molecule has 32 heavy (non-hydrogen) atoms. The van der Waals surface area contributed by atoms with Crippen LogP contribution in [0.5, 0.6) is 0 Å². The van der Waals surface area contributed by atoms with Crippen LogP contribution < -0.4 is 11.2 Å². The first kappa shape index (κ1) is 21.7. The lowest BCUT2D eigenvalue weighted by Crippen LogP contribution is -2.41. The Labute approximate surface area is 184 Å². The molecular formula is C24H25FN4O3. The lowest BCUT2D eigenvalue weighted by molar-refractivity contribution is 0.184. The van der Waals surface area contributed by atoms with E-state index in [4.69, 9.17) is 4.74 Å². The van der Waals surface area contributed by atoms with Crippen LogP contribution in [0.2, 0.25) is 0 Å². The number of benzene rings is 2. The van der Waals surface area contributed by atoms with E-state index < -0.39 is 11.2 Å². The molecule has 4 aromatic rings. The molecule has 0 fully saturated rings. The van der Waals surface area contributed by atoms with Crippen LogP contribution in [0.4, 0.5) is 4.39 Å². The monoisotopic (exact) mass is 436 g/mol. The number of methoxy groups -OCH3 is 1. The van der Waals surface area contributed by atoms with Gasteiger partial charge in [0, 0.05) is 12.7 Å². The molecule has 0 amide bonds. The van der Waals surface area contributed by atoms with E-state index in [0.717, 1.165) is 10.1 Å². The minimum Gasteiger partial charge on any atom is -0.383 e. The van der Waals surface area contributed by atoms with Gasteiger partial charge in [-0.3, -0.25) is 9.36 Å². The highest BCUT2D eigenvalue weighted by atomic mass is 19.1. The summed E-state index contributed by atoms with van der Waals surface area (Å²) in [6, 6.07) is 14.0. The summed E-state index contributed by atoms with van der Waals surface area (Å²) in [7, 11) is 1.51. The summed E-state index contributed by atoms with van der Waals surface area (Å²) in [5.41, 5.74) is 1.66. The van der Waals surface area contributed by atoms with Gasteiger partial charge in [-0.15, -0.1) is 0 Å². The Morgan fingerprint density at radius 3 is 2.44 bits per heavy atom. The number of ether oxygens (including phenoxy) is 1. The third-order valence-corrected chi connectivity index (χ3v) is 5.54. The third kappa shape index (κ3) is 3.89. The van der Waals surface area contributed by atoms with Gasteiger partial charge in [0.1, 0.15) is 5.82 Å². The van der Waals surface area contributed by atoms with Crippen molar-refractivity contribution in [3.8, 4) is 5.69 Å². The number of imidazole rings is 1. The molecule has 0 saturated heterocycles. The van der Waals surface area contributed by atoms with Gasteiger partial charge in [0.15, 0.2) is 11.2 Å². The zero-order chi connectivity index (χ0) is 22.8. The van der Waals surface area contributed by atoms with Gasteiger partial charge in [-0.2, -0.15) is 0 Å². The molecule has 2 heterocycles. The Bertz CT molecular complexity index is 1370. The summed E-state index contributed by atoms with van der Waals surface area (Å²) in [5, 5.41) is 0. The van der Waals surface area contributed by atoms with Crippen LogP contribution in [0.3, 0.4) is 0 Å². The number of fused-ring (bicyclic) bond motifs is 1. The van der Waals surface area contributed by atoms with Gasteiger partial charge in [-0.25, -0.2) is 18.7 Å². The number of aromatic nitrogens is 4. The van der Waals surface area contributed by atoms with Crippen LogP contribution in [0.25, 0.3) is 16.9 Å². The van der Waals surface area contributed by atoms with Crippen molar-refractivity contribution in [3.05, 3.63) is 92.6 Å². The van der Waals surface area contributed by atoms with Crippen molar-refractivity contribution < 1.29 is 9.13 Å². The molecular weight excluding hydrogens is 411 g/mol. The molecule has 0 aliphatic heterocycles. The second-order valence-corrected chi connectivity index (χ2v) is 7.95. The average molecular weight is 436 g/mol. The van der Waals surface area contributed by atoms with Crippen molar-refractivity contribution in [2.45, 2.75) is 32.9 Å². The van der Waals surface area contributed by atoms with Crippen LogP contribution >= 0.6 is 0 Å². The van der Waals surface area contributed by atoms with E-state index in [0.29, 0.717) is 17.2 Å². The van der Waals surface area contributed by atoms with Crippen LogP contribution in [-0.2, 0) is 17.8 Å². The van der Waals surface area contributed by atoms with Crippen LogP contribution in [0.15, 0.2) is 64.4 Å². The molecule has 2 aromatic heterocycles. The molecule has 8 heteroatoms. The highest BCUT2D eigenvalue weighted by Gasteiger charge is 2.20. The summed E-state index contributed by atoms with van der Waals surface area (Å²) in [5.74, 6) is -0.0249. The van der Waals surface area contributed by atoms with Gasteiger partial charge in [0.25, 0.3) is 5.56 Å². The molecule has 0 spiro atoms. The van der Waals surface area contributed by atoms with Gasteiger partial charge in [-0.1, -0.05) is 44.2 Å². The van der Waals surface area contributed by atoms with Crippen LogP contribution in [-0.4, -0.2) is 32.4 Å². The van der Waals surface area contributed by atoms with E-state index in [2.05, 4.69) is 18.8 Å². The predicted molar refractivity (Wildman–Crippen MR) is 121 cm³/mol. The summed E-state index contributed by atoms with van der Waals surface area (Å²) < 4.78 is 23.5. The summed E-state index contributed by atoms with van der Waals surface area (Å²) in [6.07, 6.45) is 1.47. The second kappa shape index (κ2) is 8.92. The van der Waals surface area contributed by atoms with Crippen LogP contribution in [0, 0.1) is 5.82 Å². The lowest BCUT2D eigenvalue weighted by Gasteiger charge is -2.14. The minimum absolute atomic E-state index is 0.0963. The largest absolute Gasteiger partial charge is 0.383 e. The molecule has 2 aromatic carbocycles. The smallest absolute Gasteiger partial charge is 0.337 e. The molecule has 7 nitrogen and oxygen atoms in total. The standard InChI is InChI=1S/C24H25FN4O3/c1-16(2)17-8-10-19(11-9-17)29-22-21(23(30)28(24(29)31)12-13-32-3)27(15-26-22)14-18-6-4-5-7-20(18)25/h4-11,15-16H,12-14H2,1-3H3. The summed E-state index contributed by atoms with van der Waals surface area (Å²) >= 11 is 0. The predicted octanol–water partition coefficient (Wildman–Crippen LogP) is 3.31. The molecule has 0 bridgehead atoms. The minimum atomic E-state index is -0.493. The molecule has 0 aliphatic rings. The average Bonchev–Trinajstić information content (AvgIpc) is 3.19. The van der Waals surface area contributed by atoms with Crippen molar-refractivity contribution in [2.75, 3.05) is 13.7 Å². The van der Waals surface area contributed by atoms with Gasteiger partial charge in [0.2, 0.25) is 0 Å². The van der Waals surface area contributed by atoms with E-state index >= 15 is 0 Å². The molecule has 0 atom stereocenters. The molecule has 4 rings (SSSR count). The second-order valence-electron chi connectivity index (χ2n) is 7.95. The number of hydrogen-bond acceptors (Lipinski definition) is 4. The Hall–Kier alpha value is -3.52. The quantitative estimate of drug-likeness (QED) is 0.446. The third-order valence-electron chi connectivity index (χ3n) is 5.54. The lowest BCUT2D eigenvalue weighted by atomic mass is 10.0. The maximum absolute atomic E-state index is 14.3. The molecule has 0 radical (unpaired) electrons. The van der Waals surface area contributed by atoms with E-state index in [1.807, 2.05) is 24.3 Å². The maximum Gasteiger partial charge on any atom is 0.337 e. The first-order valence-electron chi connectivity index (χ1n) is 10.5. The SMILES string of the molecule is COCCn1c(=O)c2c(ncn2Cc2ccccc2F)n(-c2ccc(C(C)C)cc2)c1=O. The first-order valence-corrected chi connectivity index (χ1v) is 10.5. The van der Waals surface area contributed by atoms with Gasteiger partial charge >= 0.3 is 5.69 Å². The van der Waals surface area contributed by atoms with E-state index in [1.54, 1.807) is 22.8 Å². The Balaban J connectivity index is 1.95. The fourth-order valence-corrected chi connectivity index (χ4v) is 3.73. The Kier molecular flexibility index (Phi) is 6.05. The zero-order valence-electron chi connectivity index (χ0n) is 18.3. The Morgan fingerprint density at radius 1 is 1.06 bits per heavy atom. The molecule has 0 N–H and O–H groups in total. The highest BCUT2D eigenvalue weighted by molar-refractivity contribution is 5.72. The van der Waals surface area contributed by atoms with Crippen molar-refractivity contribution in [2.24, 2.45) is 0 Å². The topological polar surface area (TPSA) is 71.1 Å². The van der Waals surface area contributed by atoms with E-state index in [-0.39, 0.29) is 36.7 Å². The number of halogens is 1. The zero-order valence-corrected chi connectivity index (χ0v) is 18.3. The first-order chi connectivity index (χ1) is 15.4. The van der Waals surface area contributed by atoms with Crippen LogP contribution in [0.1, 0.15) is 30.9 Å². The summed E-state index contributed by atoms with van der Waals surface area (Å²) in [4.78, 5) is 31.0. The summed E-state index contributed by atoms with van der Waals surface area (Å²) in [6.45, 7) is 4.60. The van der Waals surface area contributed by atoms with Crippen molar-refractivity contribution >= 4 is 11.2 Å². The number of nitrogens with zero attached hydrogens (tertiary/aromatic N) is 4. The highest BCUT2D eigenvalue weighted by Crippen LogP contribution is 2.19. The van der Waals surface area contributed by atoms with E-state index in [1.165, 1.54) is 24.1 Å². The van der Waals surface area contributed by atoms with Crippen molar-refractivity contribution in [3.63, 3.8) is 0 Å². The van der Waals surface area contributed by atoms with Crippen molar-refractivity contribution in [1.29, 1.82) is 0 Å². The molecule has 0 saturated carbocycles. The van der Waals surface area contributed by atoms with Gasteiger partial charge in [-0.05, 0) is 29.7 Å². The van der Waals surface area contributed by atoms with Crippen molar-refractivity contribution in [1.82, 2.24) is 18.7 Å². The maximum atomic E-state index is 14.3. The molecule has 0 aliphatic carbocycles. The molecule has 166 valence electrons.